The third-order valence-electron chi connectivity index (χ3n) is 1.73. The Labute approximate surface area is 77.7 Å². The monoisotopic (exact) mass is 182 g/mol. The van der Waals surface area contributed by atoms with Crippen LogP contribution in [-0.4, -0.2) is 18.9 Å². The van der Waals surface area contributed by atoms with Crippen LogP contribution in [0.25, 0.3) is 0 Å². The normalized spacial score (nSPS) is 10.3. The first-order chi connectivity index (χ1) is 6.25. The molecule has 0 saturated carbocycles. The molecule has 72 valence electrons. The Morgan fingerprint density at radius 2 is 2.31 bits per heavy atom. The van der Waals surface area contributed by atoms with Gasteiger partial charge in [-0.05, 0) is 18.6 Å². The second-order valence-corrected chi connectivity index (χ2v) is 2.74. The number of nitrogen functional groups attached to an aromatic ring is 1. The molecule has 1 aromatic rings. The van der Waals surface area contributed by atoms with Gasteiger partial charge in [0, 0.05) is 13.3 Å². The fourth-order valence-corrected chi connectivity index (χ4v) is 0.963. The van der Waals surface area contributed by atoms with E-state index in [9.17, 15) is 0 Å². The number of aromatic nitrogens is 1. The Morgan fingerprint density at radius 3 is 3.00 bits per heavy atom. The molecule has 1 rings (SSSR count). The van der Waals surface area contributed by atoms with Crippen molar-refractivity contribution < 1.29 is 9.47 Å². The van der Waals surface area contributed by atoms with E-state index in [1.54, 1.807) is 13.3 Å². The highest BCUT2D eigenvalue weighted by atomic mass is 16.7. The Morgan fingerprint density at radius 1 is 1.54 bits per heavy atom. The number of anilines is 1. The minimum Gasteiger partial charge on any atom is -0.397 e. The smallest absolute Gasteiger partial charge is 0.146 e. The molecule has 2 N–H and O–H groups in total. The lowest BCUT2D eigenvalue weighted by molar-refractivity contribution is -0.0399. The van der Waals surface area contributed by atoms with E-state index >= 15 is 0 Å². The lowest BCUT2D eigenvalue weighted by atomic mass is 10.2. The highest BCUT2D eigenvalue weighted by molar-refractivity contribution is 5.49. The van der Waals surface area contributed by atoms with Gasteiger partial charge in [-0.3, -0.25) is 4.98 Å². The fraction of sp³-hybridized carbons (Fsp3) is 0.444. The van der Waals surface area contributed by atoms with Crippen molar-refractivity contribution in [3.63, 3.8) is 0 Å². The molecule has 0 radical (unpaired) electrons. The number of hydrogen-bond donors (Lipinski definition) is 1. The van der Waals surface area contributed by atoms with Crippen molar-refractivity contribution in [2.75, 3.05) is 19.6 Å². The zero-order valence-electron chi connectivity index (χ0n) is 7.91. The van der Waals surface area contributed by atoms with Gasteiger partial charge in [0.1, 0.15) is 6.79 Å². The molecule has 4 nitrogen and oxygen atoms in total. The van der Waals surface area contributed by atoms with Crippen molar-refractivity contribution in [1.82, 2.24) is 4.98 Å². The standard InChI is InChI=1S/C9H14N2O2/c1-7-3-4-11-8(9(7)10)5-13-6-12-2/h3-4H,5-6,10H2,1-2H3. The van der Waals surface area contributed by atoms with Crippen LogP contribution in [0.2, 0.25) is 0 Å². The summed E-state index contributed by atoms with van der Waals surface area (Å²) in [6.45, 7) is 2.59. The van der Waals surface area contributed by atoms with Crippen molar-refractivity contribution >= 4 is 5.69 Å². The SMILES string of the molecule is COCOCc1nccc(C)c1N. The highest BCUT2D eigenvalue weighted by Gasteiger charge is 2.02. The molecule has 0 aromatic carbocycles. The maximum atomic E-state index is 5.78. The lowest BCUT2D eigenvalue weighted by Gasteiger charge is -2.06. The van der Waals surface area contributed by atoms with Gasteiger partial charge in [-0.2, -0.15) is 0 Å². The van der Waals surface area contributed by atoms with Gasteiger partial charge < -0.3 is 15.2 Å². The van der Waals surface area contributed by atoms with E-state index in [1.165, 1.54) is 0 Å². The first-order valence-electron chi connectivity index (χ1n) is 4.02. The largest absolute Gasteiger partial charge is 0.397 e. The first-order valence-corrected chi connectivity index (χ1v) is 4.02. The molecule has 4 heteroatoms. The van der Waals surface area contributed by atoms with E-state index in [0.717, 1.165) is 11.3 Å². The van der Waals surface area contributed by atoms with Crippen molar-refractivity contribution in [1.29, 1.82) is 0 Å². The maximum absolute atomic E-state index is 5.78. The van der Waals surface area contributed by atoms with Crippen LogP contribution >= 0.6 is 0 Å². The Kier molecular flexibility index (Phi) is 3.67. The van der Waals surface area contributed by atoms with Gasteiger partial charge in [0.2, 0.25) is 0 Å². The summed E-state index contributed by atoms with van der Waals surface area (Å²) in [7, 11) is 1.58. The molecule has 0 aliphatic rings. The Hall–Kier alpha value is -1.13. The van der Waals surface area contributed by atoms with Gasteiger partial charge in [0.25, 0.3) is 0 Å². The van der Waals surface area contributed by atoms with Crippen molar-refractivity contribution in [2.45, 2.75) is 13.5 Å². The summed E-state index contributed by atoms with van der Waals surface area (Å²) in [5.41, 5.74) is 8.26. The van der Waals surface area contributed by atoms with Crippen molar-refractivity contribution in [2.24, 2.45) is 0 Å². The van der Waals surface area contributed by atoms with Gasteiger partial charge in [-0.1, -0.05) is 0 Å². The third-order valence-corrected chi connectivity index (χ3v) is 1.73. The average molecular weight is 182 g/mol. The quantitative estimate of drug-likeness (QED) is 0.559. The first kappa shape index (κ1) is 9.95. The van der Waals surface area contributed by atoms with Crippen molar-refractivity contribution in [3.8, 4) is 0 Å². The van der Waals surface area contributed by atoms with Gasteiger partial charge in [-0.15, -0.1) is 0 Å². The van der Waals surface area contributed by atoms with Gasteiger partial charge in [0.05, 0.1) is 18.0 Å². The summed E-state index contributed by atoms with van der Waals surface area (Å²) < 4.78 is 9.88. The highest BCUT2D eigenvalue weighted by Crippen LogP contribution is 2.14. The summed E-state index contributed by atoms with van der Waals surface area (Å²) >= 11 is 0. The van der Waals surface area contributed by atoms with Crippen LogP contribution in [0.3, 0.4) is 0 Å². The maximum Gasteiger partial charge on any atom is 0.146 e. The molecule has 0 fully saturated rings. The van der Waals surface area contributed by atoms with Crippen LogP contribution in [0.4, 0.5) is 5.69 Å². The Bertz CT molecular complexity index is 276. The molecule has 0 amide bonds. The van der Waals surface area contributed by atoms with Gasteiger partial charge in [-0.25, -0.2) is 0 Å². The van der Waals surface area contributed by atoms with E-state index in [0.29, 0.717) is 12.3 Å². The second-order valence-electron chi connectivity index (χ2n) is 2.74. The summed E-state index contributed by atoms with van der Waals surface area (Å²) in [5, 5.41) is 0. The predicted molar refractivity (Wildman–Crippen MR) is 50.1 cm³/mol. The molecule has 0 unspecified atom stereocenters. The van der Waals surface area contributed by atoms with Crippen LogP contribution in [0.5, 0.6) is 0 Å². The number of nitrogens with zero attached hydrogens (tertiary/aromatic N) is 1. The van der Waals surface area contributed by atoms with E-state index in [2.05, 4.69) is 4.98 Å². The molecular formula is C9H14N2O2. The zero-order chi connectivity index (χ0) is 9.68. The molecule has 0 aliphatic carbocycles. The molecular weight excluding hydrogens is 168 g/mol. The summed E-state index contributed by atoms with van der Waals surface area (Å²) in [6, 6.07) is 1.87. The van der Waals surface area contributed by atoms with Crippen LogP contribution in [-0.2, 0) is 16.1 Å². The summed E-state index contributed by atoms with van der Waals surface area (Å²) in [5.74, 6) is 0. The third kappa shape index (κ3) is 2.68. The minimum absolute atomic E-state index is 0.259. The summed E-state index contributed by atoms with van der Waals surface area (Å²) in [6.07, 6.45) is 1.72. The molecule has 0 bridgehead atoms. The average Bonchev–Trinajstić information content (AvgIpc) is 2.13. The fourth-order valence-electron chi connectivity index (χ4n) is 0.963. The Balaban J connectivity index is 2.61. The van der Waals surface area contributed by atoms with Crippen LogP contribution in [0.1, 0.15) is 11.3 Å². The molecule has 0 saturated heterocycles. The summed E-state index contributed by atoms with van der Waals surface area (Å²) in [4.78, 5) is 4.11. The number of aryl methyl sites for hydroxylation is 1. The molecule has 0 atom stereocenters. The number of nitrogens with two attached hydrogens (primary N) is 1. The number of ether oxygens (including phenoxy) is 2. The molecule has 13 heavy (non-hydrogen) atoms. The number of rotatable bonds is 4. The molecule has 1 heterocycles. The van der Waals surface area contributed by atoms with Gasteiger partial charge >= 0.3 is 0 Å². The van der Waals surface area contributed by atoms with E-state index in [1.807, 2.05) is 13.0 Å². The lowest BCUT2D eigenvalue weighted by Crippen LogP contribution is -2.04. The zero-order valence-corrected chi connectivity index (χ0v) is 7.91. The van der Waals surface area contributed by atoms with Gasteiger partial charge in [0.15, 0.2) is 0 Å². The van der Waals surface area contributed by atoms with E-state index in [-0.39, 0.29) is 6.79 Å². The number of methoxy groups -OCH3 is 1. The van der Waals surface area contributed by atoms with Crippen LogP contribution in [0, 0.1) is 6.92 Å². The molecule has 0 aliphatic heterocycles. The van der Waals surface area contributed by atoms with E-state index < -0.39 is 0 Å². The minimum atomic E-state index is 0.259. The number of pyridine rings is 1. The van der Waals surface area contributed by atoms with Crippen LogP contribution in [0.15, 0.2) is 12.3 Å². The molecule has 1 aromatic heterocycles. The topological polar surface area (TPSA) is 57.4 Å². The predicted octanol–water partition coefficient (Wildman–Crippen LogP) is 1.09. The number of hydrogen-bond acceptors (Lipinski definition) is 4. The van der Waals surface area contributed by atoms with Crippen molar-refractivity contribution in [3.05, 3.63) is 23.5 Å². The van der Waals surface area contributed by atoms with Crippen LogP contribution < -0.4 is 5.73 Å². The molecule has 0 spiro atoms. The van der Waals surface area contributed by atoms with E-state index in [4.69, 9.17) is 15.2 Å². The second kappa shape index (κ2) is 4.79.